The van der Waals surface area contributed by atoms with Crippen molar-refractivity contribution in [3.8, 4) is 5.75 Å². The molecule has 0 spiro atoms. The topological polar surface area (TPSA) is 84.4 Å². The fourth-order valence-electron chi connectivity index (χ4n) is 3.77. The van der Waals surface area contributed by atoms with Gasteiger partial charge in [-0.2, -0.15) is 0 Å². The van der Waals surface area contributed by atoms with E-state index in [2.05, 4.69) is 15.3 Å². The lowest BCUT2D eigenvalue weighted by Crippen LogP contribution is -2.42. The van der Waals surface area contributed by atoms with Crippen LogP contribution in [0.2, 0.25) is 0 Å². The third-order valence-corrected chi connectivity index (χ3v) is 5.80. The average Bonchev–Trinajstić information content (AvgIpc) is 2.90. The molecule has 0 saturated heterocycles. The van der Waals surface area contributed by atoms with Crippen molar-refractivity contribution in [2.45, 2.75) is 19.9 Å². The van der Waals surface area contributed by atoms with Crippen molar-refractivity contribution in [1.29, 1.82) is 0 Å². The first-order valence-electron chi connectivity index (χ1n) is 11.2. The fraction of sp³-hybridized carbons (Fsp3) is 0.143. The normalized spacial score (nSPS) is 11.4. The van der Waals surface area contributed by atoms with Crippen LogP contribution >= 0.6 is 0 Å². The molecule has 3 aromatic carbocycles. The second-order valence-electron chi connectivity index (χ2n) is 8.21. The molecule has 1 N–H and O–H groups in total. The Morgan fingerprint density at radius 1 is 0.972 bits per heavy atom. The van der Waals surface area contributed by atoms with Crippen molar-refractivity contribution < 1.29 is 18.7 Å². The second kappa shape index (κ2) is 10.8. The summed E-state index contributed by atoms with van der Waals surface area (Å²) in [5, 5.41) is 2.81. The van der Waals surface area contributed by atoms with E-state index in [-0.39, 0.29) is 5.69 Å². The van der Waals surface area contributed by atoms with Crippen molar-refractivity contribution in [1.82, 2.24) is 9.97 Å². The monoisotopic (exact) mass is 484 g/mol. The molecule has 8 heteroatoms. The highest BCUT2D eigenvalue weighted by atomic mass is 19.1. The van der Waals surface area contributed by atoms with E-state index in [0.717, 1.165) is 11.1 Å². The van der Waals surface area contributed by atoms with E-state index >= 15 is 0 Å². The summed E-state index contributed by atoms with van der Waals surface area (Å²) in [6.07, 6.45) is 4.25. The highest BCUT2D eigenvalue weighted by Gasteiger charge is 2.34. The maximum Gasteiger partial charge on any atom is 0.279 e. The molecule has 1 aromatic heterocycles. The Balaban J connectivity index is 1.88. The lowest BCUT2D eigenvalue weighted by molar-refractivity contribution is -0.117. The number of ether oxygens (including phenoxy) is 1. The predicted molar refractivity (Wildman–Crippen MR) is 136 cm³/mol. The van der Waals surface area contributed by atoms with Crippen LogP contribution in [0.4, 0.5) is 15.8 Å². The molecule has 0 unspecified atom stereocenters. The first kappa shape index (κ1) is 24.5. The Kier molecular flexibility index (Phi) is 7.34. The summed E-state index contributed by atoms with van der Waals surface area (Å²) >= 11 is 0. The molecule has 0 radical (unpaired) electrons. The molecule has 0 aliphatic carbocycles. The Morgan fingerprint density at radius 3 is 2.42 bits per heavy atom. The van der Waals surface area contributed by atoms with Gasteiger partial charge in [0.1, 0.15) is 23.3 Å². The molecule has 2 amide bonds. The number of halogens is 1. The Hall–Kier alpha value is -4.59. The number of nitrogens with one attached hydrogen (secondary N) is 1. The number of benzene rings is 3. The average molecular weight is 485 g/mol. The third kappa shape index (κ3) is 5.38. The van der Waals surface area contributed by atoms with Gasteiger partial charge in [0.2, 0.25) is 0 Å². The van der Waals surface area contributed by atoms with Crippen molar-refractivity contribution in [3.05, 3.63) is 114 Å². The molecule has 0 bridgehead atoms. The number of amides is 2. The molecule has 7 nitrogen and oxygen atoms in total. The summed E-state index contributed by atoms with van der Waals surface area (Å²) in [5.41, 5.74) is 3.49. The molecule has 4 rings (SSSR count). The first-order valence-corrected chi connectivity index (χ1v) is 11.2. The minimum atomic E-state index is -1.11. The number of anilines is 2. The van der Waals surface area contributed by atoms with Crippen LogP contribution in [0.5, 0.6) is 5.75 Å². The molecule has 4 aromatic rings. The number of rotatable bonds is 7. The van der Waals surface area contributed by atoms with Crippen LogP contribution in [0.1, 0.15) is 33.2 Å². The zero-order valence-corrected chi connectivity index (χ0v) is 20.1. The number of aromatic nitrogens is 2. The van der Waals surface area contributed by atoms with Gasteiger partial charge in [-0.1, -0.05) is 18.2 Å². The number of carbonyl (C=O) groups excluding carboxylic acids is 2. The van der Waals surface area contributed by atoms with Crippen LogP contribution < -0.4 is 15.0 Å². The van der Waals surface area contributed by atoms with Gasteiger partial charge in [0.25, 0.3) is 11.8 Å². The van der Waals surface area contributed by atoms with Gasteiger partial charge < -0.3 is 10.1 Å². The minimum absolute atomic E-state index is 0.0817. The van der Waals surface area contributed by atoms with E-state index in [4.69, 9.17) is 4.74 Å². The van der Waals surface area contributed by atoms with Gasteiger partial charge in [-0.15, -0.1) is 0 Å². The number of hydrogen-bond donors (Lipinski definition) is 1. The minimum Gasteiger partial charge on any atom is -0.497 e. The zero-order valence-electron chi connectivity index (χ0n) is 20.1. The van der Waals surface area contributed by atoms with Crippen LogP contribution in [0.15, 0.2) is 85.3 Å². The van der Waals surface area contributed by atoms with Crippen molar-refractivity contribution >= 4 is 23.2 Å². The van der Waals surface area contributed by atoms with E-state index in [1.807, 2.05) is 26.0 Å². The van der Waals surface area contributed by atoms with E-state index in [1.165, 1.54) is 54.9 Å². The number of nitrogens with zero attached hydrogens (tertiary/aromatic N) is 3. The summed E-state index contributed by atoms with van der Waals surface area (Å²) < 4.78 is 18.8. The lowest BCUT2D eigenvalue weighted by Gasteiger charge is -2.31. The van der Waals surface area contributed by atoms with E-state index in [0.29, 0.717) is 22.7 Å². The summed E-state index contributed by atoms with van der Waals surface area (Å²) in [6.45, 7) is 3.90. The smallest absolute Gasteiger partial charge is 0.279 e. The van der Waals surface area contributed by atoms with E-state index in [1.54, 1.807) is 30.3 Å². The number of aryl methyl sites for hydroxylation is 2. The second-order valence-corrected chi connectivity index (χ2v) is 8.21. The molecule has 0 fully saturated rings. The zero-order chi connectivity index (χ0) is 25.7. The highest BCUT2D eigenvalue weighted by molar-refractivity contribution is 6.11. The molecule has 0 saturated carbocycles. The molecule has 36 heavy (non-hydrogen) atoms. The number of hydrogen-bond acceptors (Lipinski definition) is 5. The SMILES string of the molecule is COc1cccc([C@H](C(=O)Nc2ccc(F)cc2)N(C(=O)c2cnccn2)c2ccc(C)c(C)c2)c1. The Morgan fingerprint density at radius 2 is 1.75 bits per heavy atom. The van der Waals surface area contributed by atoms with Crippen molar-refractivity contribution in [2.24, 2.45) is 0 Å². The number of methoxy groups -OCH3 is 1. The molecular weight excluding hydrogens is 459 g/mol. The van der Waals surface area contributed by atoms with Gasteiger partial charge in [0.05, 0.1) is 13.3 Å². The summed E-state index contributed by atoms with van der Waals surface area (Å²) in [6, 6.07) is 16.8. The van der Waals surface area contributed by atoms with E-state index < -0.39 is 23.7 Å². The summed E-state index contributed by atoms with van der Waals surface area (Å²) in [4.78, 5) is 37.3. The van der Waals surface area contributed by atoms with Crippen LogP contribution in [-0.4, -0.2) is 28.9 Å². The van der Waals surface area contributed by atoms with Gasteiger partial charge in [-0.25, -0.2) is 9.37 Å². The van der Waals surface area contributed by atoms with Gasteiger partial charge >= 0.3 is 0 Å². The maximum absolute atomic E-state index is 13.9. The third-order valence-electron chi connectivity index (χ3n) is 5.80. The quantitative estimate of drug-likeness (QED) is 0.386. The predicted octanol–water partition coefficient (Wildman–Crippen LogP) is 5.27. The van der Waals surface area contributed by atoms with Gasteiger partial charge in [-0.05, 0) is 79.1 Å². The Labute approximate surface area is 208 Å². The standard InChI is InChI=1S/C28H25FN4O3/c1-18-7-12-23(15-19(18)2)33(28(35)25-17-30-13-14-31-25)26(20-5-4-6-24(16-20)36-3)27(34)32-22-10-8-21(29)9-11-22/h4-17,26H,1-3H3,(H,32,34)/t26-/m1/s1. The largest absolute Gasteiger partial charge is 0.497 e. The molecule has 0 aliphatic heterocycles. The van der Waals surface area contributed by atoms with Crippen molar-refractivity contribution in [2.75, 3.05) is 17.3 Å². The fourth-order valence-corrected chi connectivity index (χ4v) is 3.77. The first-order chi connectivity index (χ1) is 17.4. The molecule has 1 atom stereocenters. The molecular formula is C28H25FN4O3. The lowest BCUT2D eigenvalue weighted by atomic mass is 10.0. The van der Waals surface area contributed by atoms with Crippen LogP contribution in [-0.2, 0) is 4.79 Å². The highest BCUT2D eigenvalue weighted by Crippen LogP contribution is 2.33. The molecule has 182 valence electrons. The summed E-state index contributed by atoms with van der Waals surface area (Å²) in [7, 11) is 1.53. The van der Waals surface area contributed by atoms with Gasteiger partial charge in [-0.3, -0.25) is 19.5 Å². The maximum atomic E-state index is 13.9. The van der Waals surface area contributed by atoms with Crippen molar-refractivity contribution in [3.63, 3.8) is 0 Å². The van der Waals surface area contributed by atoms with Crippen LogP contribution in [0.25, 0.3) is 0 Å². The van der Waals surface area contributed by atoms with Crippen LogP contribution in [0, 0.1) is 19.7 Å². The van der Waals surface area contributed by atoms with Gasteiger partial charge in [0.15, 0.2) is 0 Å². The molecule has 1 heterocycles. The Bertz CT molecular complexity index is 1380. The van der Waals surface area contributed by atoms with E-state index in [9.17, 15) is 14.0 Å². The molecule has 0 aliphatic rings. The van der Waals surface area contributed by atoms with Gasteiger partial charge in [0, 0.05) is 23.8 Å². The number of carbonyl (C=O) groups is 2. The van der Waals surface area contributed by atoms with Crippen LogP contribution in [0.3, 0.4) is 0 Å². The summed E-state index contributed by atoms with van der Waals surface area (Å²) in [5.74, 6) is -0.898.